The molecule has 0 heterocycles. The number of carboxylic acids is 1. The minimum atomic E-state index is -4.92. The number of carbonyl (C=O) groups is 2. The molecule has 3 rings (SSSR count). The van der Waals surface area contributed by atoms with Crippen molar-refractivity contribution in [3.8, 4) is 5.75 Å². The molecule has 12 heteroatoms. The molecule has 0 saturated carbocycles. The van der Waals surface area contributed by atoms with Gasteiger partial charge < -0.3 is 15.2 Å². The molecule has 1 unspecified atom stereocenters. The summed E-state index contributed by atoms with van der Waals surface area (Å²) in [7, 11) is 0. The monoisotopic (exact) mass is 517 g/mol. The van der Waals surface area contributed by atoms with Gasteiger partial charge in [0.25, 0.3) is 5.91 Å². The van der Waals surface area contributed by atoms with Crippen LogP contribution in [-0.2, 0) is 17.6 Å². The molecule has 2 N–H and O–H groups in total. The summed E-state index contributed by atoms with van der Waals surface area (Å²) >= 11 is 0. The molecule has 2 atom stereocenters. The summed E-state index contributed by atoms with van der Waals surface area (Å²) in [4.78, 5) is 24.3. The van der Waals surface area contributed by atoms with Crippen molar-refractivity contribution >= 4 is 22.6 Å². The molecule has 36 heavy (non-hydrogen) atoms. The highest BCUT2D eigenvalue weighted by molar-refractivity contribution is 6.05. The highest BCUT2D eigenvalue weighted by Gasteiger charge is 2.45. The van der Waals surface area contributed by atoms with E-state index in [2.05, 4.69) is 0 Å². The van der Waals surface area contributed by atoms with E-state index in [1.165, 1.54) is 12.1 Å². The van der Waals surface area contributed by atoms with E-state index >= 15 is 0 Å². The zero-order chi connectivity index (χ0) is 26.8. The molecule has 0 aliphatic rings. The number of halogens is 7. The van der Waals surface area contributed by atoms with Crippen molar-refractivity contribution in [1.29, 1.82) is 0 Å². The fourth-order valence-corrected chi connectivity index (χ4v) is 3.36. The molecule has 1 amide bonds. The molecule has 192 valence electrons. The van der Waals surface area contributed by atoms with Crippen molar-refractivity contribution in [2.75, 3.05) is 0 Å². The highest BCUT2D eigenvalue weighted by Crippen LogP contribution is 2.34. The van der Waals surface area contributed by atoms with Crippen molar-refractivity contribution in [2.45, 2.75) is 31.9 Å². The molecule has 5 nitrogen and oxygen atoms in total. The number of fused-ring (bicyclic) bond motifs is 1. The van der Waals surface area contributed by atoms with Crippen molar-refractivity contribution < 1.29 is 50.2 Å². The van der Waals surface area contributed by atoms with E-state index in [0.717, 1.165) is 42.5 Å². The Kier molecular flexibility index (Phi) is 7.46. The second kappa shape index (κ2) is 10.0. The number of hydrogen-bond acceptors (Lipinski definition) is 3. The minimum absolute atomic E-state index is 0.173. The van der Waals surface area contributed by atoms with Crippen molar-refractivity contribution in [1.82, 2.24) is 5.32 Å². The van der Waals surface area contributed by atoms with Gasteiger partial charge in [-0.3, -0.25) is 4.79 Å². The average Bonchev–Trinajstić information content (AvgIpc) is 2.79. The molecule has 3 aromatic rings. The van der Waals surface area contributed by atoms with Gasteiger partial charge in [0.05, 0.1) is 17.0 Å². The molecule has 0 aromatic heterocycles. The van der Waals surface area contributed by atoms with Crippen LogP contribution in [0.2, 0.25) is 0 Å². The van der Waals surface area contributed by atoms with E-state index < -0.39 is 47.6 Å². The first-order valence-electron chi connectivity index (χ1n) is 10.3. The number of carboxylic acid groups (broad SMARTS) is 1. The summed E-state index contributed by atoms with van der Waals surface area (Å²) in [6, 6.07) is 7.41. The Hall–Kier alpha value is -3.83. The SMILES string of the molecule is CC([C@H](NC(=O)c1ccc2cc(F)ccc2c1OCc1ccc(C(F)(F)F)cc1)C(=O)O)C(F)(F)F. The quantitative estimate of drug-likeness (QED) is 0.380. The number of alkyl halides is 6. The van der Waals surface area contributed by atoms with Crippen LogP contribution in [-0.4, -0.2) is 29.2 Å². The summed E-state index contributed by atoms with van der Waals surface area (Å²) in [5, 5.41) is 11.5. The zero-order valence-electron chi connectivity index (χ0n) is 18.4. The first-order chi connectivity index (χ1) is 16.7. The van der Waals surface area contributed by atoms with Crippen LogP contribution in [0.4, 0.5) is 30.7 Å². The molecule has 0 bridgehead atoms. The number of nitrogens with one attached hydrogen (secondary N) is 1. The number of carbonyl (C=O) groups excluding carboxylic acids is 1. The summed E-state index contributed by atoms with van der Waals surface area (Å²) in [6.07, 6.45) is -9.47. The topological polar surface area (TPSA) is 75.6 Å². The molecule has 3 aromatic carbocycles. The van der Waals surface area contributed by atoms with Crippen LogP contribution in [0, 0.1) is 11.7 Å². The van der Waals surface area contributed by atoms with Crippen LogP contribution < -0.4 is 10.1 Å². The summed E-state index contributed by atoms with van der Waals surface area (Å²) < 4.78 is 97.0. The largest absolute Gasteiger partial charge is 0.487 e. The maximum Gasteiger partial charge on any atom is 0.416 e. The van der Waals surface area contributed by atoms with Crippen LogP contribution in [0.15, 0.2) is 54.6 Å². The van der Waals surface area contributed by atoms with Gasteiger partial charge in [0, 0.05) is 5.39 Å². The summed E-state index contributed by atoms with van der Waals surface area (Å²) in [5.74, 6) is -6.38. The molecular formula is C24H18F7NO4. The molecule has 0 fully saturated rings. The summed E-state index contributed by atoms with van der Waals surface area (Å²) in [6.45, 7) is 0.250. The number of rotatable bonds is 7. The number of amides is 1. The van der Waals surface area contributed by atoms with E-state index in [9.17, 15) is 45.4 Å². The van der Waals surface area contributed by atoms with E-state index in [-0.39, 0.29) is 34.3 Å². The lowest BCUT2D eigenvalue weighted by atomic mass is 10.00. The van der Waals surface area contributed by atoms with Crippen LogP contribution in [0.5, 0.6) is 5.75 Å². The second-order valence-corrected chi connectivity index (χ2v) is 7.91. The molecule has 0 spiro atoms. The lowest BCUT2D eigenvalue weighted by molar-refractivity contribution is -0.184. The number of aliphatic carboxylic acids is 1. The third kappa shape index (κ3) is 6.04. The Morgan fingerprint density at radius 2 is 1.61 bits per heavy atom. The normalized spacial score (nSPS) is 13.8. The van der Waals surface area contributed by atoms with Crippen molar-refractivity contribution in [3.05, 3.63) is 77.1 Å². The number of benzene rings is 3. The molecular weight excluding hydrogens is 499 g/mol. The smallest absolute Gasteiger partial charge is 0.416 e. The lowest BCUT2D eigenvalue weighted by Crippen LogP contribution is -2.49. The van der Waals surface area contributed by atoms with Crippen molar-refractivity contribution in [3.63, 3.8) is 0 Å². The fourth-order valence-electron chi connectivity index (χ4n) is 3.36. The van der Waals surface area contributed by atoms with Gasteiger partial charge in [0.15, 0.2) is 0 Å². The number of ether oxygens (including phenoxy) is 1. The second-order valence-electron chi connectivity index (χ2n) is 7.91. The van der Waals surface area contributed by atoms with Gasteiger partial charge in [-0.25, -0.2) is 9.18 Å². The molecule has 0 radical (unpaired) electrons. The van der Waals surface area contributed by atoms with E-state index in [1.54, 1.807) is 0 Å². The Morgan fingerprint density at radius 1 is 0.972 bits per heavy atom. The van der Waals surface area contributed by atoms with E-state index in [1.807, 2.05) is 5.32 Å². The standard InChI is InChI=1S/C24H18F7NO4/c1-12(23(26,27)28)19(22(34)35)32-21(33)18-8-4-14-10-16(25)7-9-17(14)20(18)36-11-13-2-5-15(6-3-13)24(29,30)31/h2-10,12,19H,11H2,1H3,(H,32,33)(H,34,35)/t12?,19-/m0/s1. The van der Waals surface area contributed by atoms with E-state index in [4.69, 9.17) is 4.74 Å². The Bertz CT molecular complexity index is 1270. The molecule has 0 aliphatic heterocycles. The highest BCUT2D eigenvalue weighted by atomic mass is 19.4. The predicted octanol–water partition coefficient (Wildman–Crippen LogP) is 5.96. The molecule has 0 aliphatic carbocycles. The zero-order valence-corrected chi connectivity index (χ0v) is 18.4. The van der Waals surface area contributed by atoms with Crippen LogP contribution in [0.1, 0.15) is 28.4 Å². The number of hydrogen-bond donors (Lipinski definition) is 2. The Balaban J connectivity index is 1.96. The fraction of sp³-hybridized carbons (Fsp3) is 0.250. The van der Waals surface area contributed by atoms with Crippen LogP contribution >= 0.6 is 0 Å². The van der Waals surface area contributed by atoms with Gasteiger partial charge in [-0.15, -0.1) is 0 Å². The van der Waals surface area contributed by atoms with Gasteiger partial charge in [0.2, 0.25) is 0 Å². The van der Waals surface area contributed by atoms with Crippen LogP contribution in [0.3, 0.4) is 0 Å². The first kappa shape index (κ1) is 26.8. The third-order valence-electron chi connectivity index (χ3n) is 5.41. The van der Waals surface area contributed by atoms with Gasteiger partial charge in [-0.1, -0.05) is 25.1 Å². The van der Waals surface area contributed by atoms with Crippen LogP contribution in [0.25, 0.3) is 10.8 Å². The Labute approximate surface area is 199 Å². The van der Waals surface area contributed by atoms with Crippen molar-refractivity contribution in [2.24, 2.45) is 5.92 Å². The maximum atomic E-state index is 13.7. The lowest BCUT2D eigenvalue weighted by Gasteiger charge is -2.24. The van der Waals surface area contributed by atoms with Gasteiger partial charge in [0.1, 0.15) is 24.2 Å². The van der Waals surface area contributed by atoms with Gasteiger partial charge >= 0.3 is 18.3 Å². The van der Waals surface area contributed by atoms with Gasteiger partial charge in [-0.2, -0.15) is 26.3 Å². The predicted molar refractivity (Wildman–Crippen MR) is 114 cm³/mol. The summed E-state index contributed by atoms with van der Waals surface area (Å²) in [5.41, 5.74) is -0.977. The first-order valence-corrected chi connectivity index (χ1v) is 10.3. The Morgan fingerprint density at radius 3 is 2.17 bits per heavy atom. The maximum absolute atomic E-state index is 13.7. The molecule has 0 saturated heterocycles. The van der Waals surface area contributed by atoms with E-state index in [0.29, 0.717) is 6.92 Å². The average molecular weight is 517 g/mol. The minimum Gasteiger partial charge on any atom is -0.487 e. The van der Waals surface area contributed by atoms with Gasteiger partial charge in [-0.05, 0) is 47.3 Å². The third-order valence-corrected chi connectivity index (χ3v) is 5.41.